The van der Waals surface area contributed by atoms with Gasteiger partial charge in [-0.3, -0.25) is 4.90 Å². The fraction of sp³-hybridized carbons (Fsp3) is 0.400. The van der Waals surface area contributed by atoms with Crippen LogP contribution in [0.1, 0.15) is 18.2 Å². The van der Waals surface area contributed by atoms with Crippen LogP contribution in [-0.4, -0.2) is 39.5 Å². The van der Waals surface area contributed by atoms with Gasteiger partial charge < -0.3 is 5.11 Å². The third-order valence-corrected chi connectivity index (χ3v) is 3.35. The maximum Gasteiger partial charge on any atom is 0.435 e. The Morgan fingerprint density at radius 2 is 1.86 bits per heavy atom. The van der Waals surface area contributed by atoms with E-state index < -0.39 is 11.9 Å². The summed E-state index contributed by atoms with van der Waals surface area (Å²) < 4.78 is 38.8. The molecule has 0 aliphatic rings. The van der Waals surface area contributed by atoms with Gasteiger partial charge in [0.1, 0.15) is 0 Å². The first kappa shape index (κ1) is 16.5. The van der Waals surface area contributed by atoms with E-state index in [4.69, 9.17) is 5.11 Å². The molecule has 0 aliphatic heterocycles. The molecule has 1 aromatic heterocycles. The van der Waals surface area contributed by atoms with E-state index in [1.807, 2.05) is 19.1 Å². The molecule has 1 heterocycles. The van der Waals surface area contributed by atoms with Crippen LogP contribution in [0.4, 0.5) is 13.2 Å². The van der Waals surface area contributed by atoms with Crippen molar-refractivity contribution in [1.82, 2.24) is 14.7 Å². The monoisotopic (exact) mass is 313 g/mol. The number of hydrogen-bond acceptors (Lipinski definition) is 3. The van der Waals surface area contributed by atoms with Gasteiger partial charge in [-0.05, 0) is 30.3 Å². The fourth-order valence-corrected chi connectivity index (χ4v) is 2.12. The average molecular weight is 313 g/mol. The molecule has 22 heavy (non-hydrogen) atoms. The lowest BCUT2D eigenvalue weighted by Gasteiger charge is -2.19. The summed E-state index contributed by atoms with van der Waals surface area (Å²) in [5.74, 6) is 0. The third kappa shape index (κ3) is 4.08. The Bertz CT molecular complexity index is 593. The SMILES string of the molecule is CCN(CCO)Cc1ccc(-n2ccc(C(F)(F)F)n2)cc1. The zero-order valence-electron chi connectivity index (χ0n) is 12.2. The van der Waals surface area contributed by atoms with Crippen LogP contribution < -0.4 is 0 Å². The van der Waals surface area contributed by atoms with E-state index in [0.29, 0.717) is 18.8 Å². The number of benzene rings is 1. The van der Waals surface area contributed by atoms with Gasteiger partial charge in [0.25, 0.3) is 0 Å². The summed E-state index contributed by atoms with van der Waals surface area (Å²) in [4.78, 5) is 2.07. The summed E-state index contributed by atoms with van der Waals surface area (Å²) in [7, 11) is 0. The summed E-state index contributed by atoms with van der Waals surface area (Å²) in [6.07, 6.45) is -3.14. The third-order valence-electron chi connectivity index (χ3n) is 3.35. The van der Waals surface area contributed by atoms with Crippen LogP contribution in [0.3, 0.4) is 0 Å². The van der Waals surface area contributed by atoms with Crippen LogP contribution in [-0.2, 0) is 12.7 Å². The molecule has 4 nitrogen and oxygen atoms in total. The quantitative estimate of drug-likeness (QED) is 0.891. The second-order valence-corrected chi connectivity index (χ2v) is 4.90. The maximum absolute atomic E-state index is 12.5. The maximum atomic E-state index is 12.5. The molecule has 0 bridgehead atoms. The van der Waals surface area contributed by atoms with E-state index >= 15 is 0 Å². The van der Waals surface area contributed by atoms with Gasteiger partial charge in [-0.25, -0.2) is 4.68 Å². The highest BCUT2D eigenvalue weighted by Crippen LogP contribution is 2.27. The minimum absolute atomic E-state index is 0.0967. The second-order valence-electron chi connectivity index (χ2n) is 4.90. The van der Waals surface area contributed by atoms with Crippen LogP contribution in [0.15, 0.2) is 36.5 Å². The van der Waals surface area contributed by atoms with Crippen molar-refractivity contribution in [2.24, 2.45) is 0 Å². The molecular formula is C15H18F3N3O. The number of hydrogen-bond donors (Lipinski definition) is 1. The number of aliphatic hydroxyl groups excluding tert-OH is 1. The molecule has 0 spiro atoms. The molecule has 2 aromatic rings. The predicted octanol–water partition coefficient (Wildman–Crippen LogP) is 2.71. The number of aromatic nitrogens is 2. The van der Waals surface area contributed by atoms with Crippen LogP contribution in [0.2, 0.25) is 0 Å². The van der Waals surface area contributed by atoms with E-state index in [1.54, 1.807) is 12.1 Å². The Balaban J connectivity index is 2.10. The van der Waals surface area contributed by atoms with Crippen molar-refractivity contribution < 1.29 is 18.3 Å². The first-order valence-corrected chi connectivity index (χ1v) is 6.99. The molecule has 0 saturated heterocycles. The van der Waals surface area contributed by atoms with Gasteiger partial charge >= 0.3 is 6.18 Å². The number of nitrogens with zero attached hydrogens (tertiary/aromatic N) is 3. The van der Waals surface area contributed by atoms with Crippen molar-refractivity contribution in [3.05, 3.63) is 47.8 Å². The summed E-state index contributed by atoms with van der Waals surface area (Å²) in [6.45, 7) is 4.19. The van der Waals surface area contributed by atoms with Crippen LogP contribution >= 0.6 is 0 Å². The van der Waals surface area contributed by atoms with Crippen molar-refractivity contribution in [2.45, 2.75) is 19.6 Å². The first-order valence-electron chi connectivity index (χ1n) is 6.99. The highest BCUT2D eigenvalue weighted by atomic mass is 19.4. The normalized spacial score (nSPS) is 12.1. The van der Waals surface area contributed by atoms with E-state index in [0.717, 1.165) is 18.2 Å². The van der Waals surface area contributed by atoms with Crippen LogP contribution in [0.5, 0.6) is 0 Å². The summed E-state index contributed by atoms with van der Waals surface area (Å²) in [5.41, 5.74) is 0.698. The Morgan fingerprint density at radius 1 is 1.18 bits per heavy atom. The van der Waals surface area contributed by atoms with Crippen molar-refractivity contribution in [1.29, 1.82) is 0 Å². The standard InChI is InChI=1S/C15H18F3N3O/c1-2-20(9-10-22)11-12-3-5-13(6-4-12)21-8-7-14(19-21)15(16,17)18/h3-8,22H,2,9-11H2,1H3. The average Bonchev–Trinajstić information content (AvgIpc) is 2.97. The van der Waals surface area contributed by atoms with E-state index in [1.165, 1.54) is 10.9 Å². The molecule has 2 rings (SSSR count). The molecule has 0 aliphatic carbocycles. The summed E-state index contributed by atoms with van der Waals surface area (Å²) in [6, 6.07) is 8.12. The topological polar surface area (TPSA) is 41.3 Å². The Labute approximate surface area is 126 Å². The van der Waals surface area contributed by atoms with Crippen molar-refractivity contribution in [3.63, 3.8) is 0 Å². The van der Waals surface area contributed by atoms with Crippen LogP contribution in [0, 0.1) is 0 Å². The first-order chi connectivity index (χ1) is 10.4. The van der Waals surface area contributed by atoms with Crippen LogP contribution in [0.25, 0.3) is 5.69 Å². The van der Waals surface area contributed by atoms with E-state index in [9.17, 15) is 13.2 Å². The van der Waals surface area contributed by atoms with Gasteiger partial charge in [-0.15, -0.1) is 0 Å². The number of rotatable bonds is 6. The largest absolute Gasteiger partial charge is 0.435 e. The summed E-state index contributed by atoms with van der Waals surface area (Å²) >= 11 is 0. The summed E-state index contributed by atoms with van der Waals surface area (Å²) in [5, 5.41) is 12.5. The van der Waals surface area contributed by atoms with Crippen molar-refractivity contribution in [2.75, 3.05) is 19.7 Å². The smallest absolute Gasteiger partial charge is 0.395 e. The lowest BCUT2D eigenvalue weighted by molar-refractivity contribution is -0.141. The van der Waals surface area contributed by atoms with Gasteiger partial charge in [0.05, 0.1) is 12.3 Å². The number of halogens is 3. The van der Waals surface area contributed by atoms with Gasteiger partial charge in [-0.2, -0.15) is 18.3 Å². The lowest BCUT2D eigenvalue weighted by atomic mass is 10.2. The van der Waals surface area contributed by atoms with Gasteiger partial charge in [0.15, 0.2) is 5.69 Å². The van der Waals surface area contributed by atoms with E-state index in [2.05, 4.69) is 10.00 Å². The molecule has 1 aromatic carbocycles. The van der Waals surface area contributed by atoms with Crippen molar-refractivity contribution >= 4 is 0 Å². The molecule has 1 N–H and O–H groups in total. The Hall–Kier alpha value is -1.86. The minimum Gasteiger partial charge on any atom is -0.395 e. The molecule has 0 saturated carbocycles. The molecule has 120 valence electrons. The molecular weight excluding hydrogens is 295 g/mol. The van der Waals surface area contributed by atoms with E-state index in [-0.39, 0.29) is 6.61 Å². The Morgan fingerprint density at radius 3 is 2.36 bits per heavy atom. The van der Waals surface area contributed by atoms with Gasteiger partial charge in [-0.1, -0.05) is 19.1 Å². The van der Waals surface area contributed by atoms with Gasteiger partial charge in [0, 0.05) is 19.3 Å². The molecule has 0 fully saturated rings. The molecule has 0 atom stereocenters. The zero-order chi connectivity index (χ0) is 16.2. The Kier molecular flexibility index (Phi) is 5.20. The molecule has 0 radical (unpaired) electrons. The molecule has 7 heteroatoms. The fourth-order valence-electron chi connectivity index (χ4n) is 2.12. The second kappa shape index (κ2) is 6.93. The number of aliphatic hydroxyl groups is 1. The van der Waals surface area contributed by atoms with Crippen molar-refractivity contribution in [3.8, 4) is 5.69 Å². The molecule has 0 unspecified atom stereocenters. The zero-order valence-corrected chi connectivity index (χ0v) is 12.2. The molecule has 0 amide bonds. The lowest BCUT2D eigenvalue weighted by Crippen LogP contribution is -2.26. The highest BCUT2D eigenvalue weighted by Gasteiger charge is 2.33. The number of likely N-dealkylation sites (N-methyl/N-ethyl adjacent to an activating group) is 1. The minimum atomic E-state index is -4.43. The van der Waals surface area contributed by atoms with Gasteiger partial charge in [0.2, 0.25) is 0 Å². The number of alkyl halides is 3. The predicted molar refractivity (Wildman–Crippen MR) is 76.6 cm³/mol. The highest BCUT2D eigenvalue weighted by molar-refractivity contribution is 5.34.